The number of aromatic amines is 2. The number of aliphatic hydroxyl groups excluding tert-OH is 1. The van der Waals surface area contributed by atoms with Gasteiger partial charge in [-0.1, -0.05) is 30.3 Å². The Kier molecular flexibility index (Phi) is 5.38. The quantitative estimate of drug-likeness (QED) is 0.311. The summed E-state index contributed by atoms with van der Waals surface area (Å²) in [6.45, 7) is 2.29. The molecule has 11 nitrogen and oxygen atoms in total. The molecular weight excluding hydrogens is 424 g/mol. The van der Waals surface area contributed by atoms with Crippen molar-refractivity contribution in [2.45, 2.75) is 31.8 Å². The van der Waals surface area contributed by atoms with Crippen molar-refractivity contribution >= 4 is 17.7 Å². The summed E-state index contributed by atoms with van der Waals surface area (Å²) < 4.78 is 1.56. The first-order valence-corrected chi connectivity index (χ1v) is 10.8. The molecule has 33 heavy (non-hydrogen) atoms. The fourth-order valence-corrected chi connectivity index (χ4v) is 3.68. The second-order valence-corrected chi connectivity index (χ2v) is 8.01. The van der Waals surface area contributed by atoms with Gasteiger partial charge in [-0.25, -0.2) is 9.79 Å². The number of hydrogen-bond donors (Lipinski definition) is 4. The Morgan fingerprint density at radius 2 is 2.06 bits per heavy atom. The summed E-state index contributed by atoms with van der Waals surface area (Å²) in [5.41, 5.74) is 1.67. The fraction of sp³-hybridized carbons (Fsp3) is 0.318. The number of fused-ring (bicyclic) bond motifs is 1. The van der Waals surface area contributed by atoms with Crippen LogP contribution in [0, 0.1) is 0 Å². The monoisotopic (exact) mass is 448 g/mol. The Morgan fingerprint density at radius 1 is 1.27 bits per heavy atom. The van der Waals surface area contributed by atoms with E-state index >= 15 is 0 Å². The van der Waals surface area contributed by atoms with E-state index in [4.69, 9.17) is 15.0 Å². The third-order valence-electron chi connectivity index (χ3n) is 5.59. The second-order valence-electron chi connectivity index (χ2n) is 8.01. The van der Waals surface area contributed by atoms with Crippen LogP contribution in [0.15, 0.2) is 46.3 Å². The second kappa shape index (κ2) is 8.51. The molecular formula is C22H24N8O3. The SMILES string of the molecule is C[C@@H](c1ccccc1)N(CCO)c1nc(=NC2CC2)n2ncc(=Cc3[nH]c(=O)[nH]c3O)c2n1. The molecule has 1 saturated carbocycles. The van der Waals surface area contributed by atoms with Crippen molar-refractivity contribution in [2.75, 3.05) is 18.1 Å². The van der Waals surface area contributed by atoms with Gasteiger partial charge in [0.2, 0.25) is 11.8 Å². The third-order valence-corrected chi connectivity index (χ3v) is 5.59. The molecule has 4 N–H and O–H groups in total. The van der Waals surface area contributed by atoms with E-state index in [9.17, 15) is 15.0 Å². The number of rotatable bonds is 7. The summed E-state index contributed by atoms with van der Waals surface area (Å²) in [5, 5.41) is 24.7. The van der Waals surface area contributed by atoms with Crippen LogP contribution in [0.25, 0.3) is 11.7 Å². The van der Waals surface area contributed by atoms with Crippen molar-refractivity contribution in [1.29, 1.82) is 0 Å². The lowest BCUT2D eigenvalue weighted by Gasteiger charge is -2.29. The van der Waals surface area contributed by atoms with Gasteiger partial charge in [0, 0.05) is 11.8 Å². The largest absolute Gasteiger partial charge is 0.493 e. The maximum absolute atomic E-state index is 11.5. The van der Waals surface area contributed by atoms with Crippen LogP contribution in [-0.2, 0) is 0 Å². The molecule has 170 valence electrons. The van der Waals surface area contributed by atoms with Crippen LogP contribution in [0.3, 0.4) is 0 Å². The summed E-state index contributed by atoms with van der Waals surface area (Å²) in [6.07, 6.45) is 5.17. The highest BCUT2D eigenvalue weighted by Crippen LogP contribution is 2.24. The molecule has 1 fully saturated rings. The van der Waals surface area contributed by atoms with Gasteiger partial charge in [-0.3, -0.25) is 4.98 Å². The minimum absolute atomic E-state index is 0.0719. The molecule has 1 aromatic carbocycles. The van der Waals surface area contributed by atoms with Gasteiger partial charge in [0.05, 0.1) is 24.9 Å². The third kappa shape index (κ3) is 4.22. The Bertz CT molecular complexity index is 1450. The fourth-order valence-electron chi connectivity index (χ4n) is 3.68. The number of nitrogens with zero attached hydrogens (tertiary/aromatic N) is 6. The van der Waals surface area contributed by atoms with Crippen molar-refractivity contribution < 1.29 is 10.2 Å². The van der Waals surface area contributed by atoms with Crippen LogP contribution in [0.1, 0.15) is 37.1 Å². The molecule has 0 radical (unpaired) electrons. The van der Waals surface area contributed by atoms with Gasteiger partial charge in [0.25, 0.3) is 5.62 Å². The Balaban J connectivity index is 1.70. The van der Waals surface area contributed by atoms with E-state index in [0.717, 1.165) is 18.4 Å². The zero-order valence-corrected chi connectivity index (χ0v) is 18.0. The molecule has 4 aromatic rings. The van der Waals surface area contributed by atoms with Crippen LogP contribution in [0.4, 0.5) is 5.95 Å². The standard InChI is InChI=1S/C22H24N8O3/c1-13(14-5-3-2-4-6-14)29(9-10-31)20-26-18-15(11-17-19(32)27-22(33)25-17)12-23-30(18)21(28-20)24-16-7-8-16/h2-6,11-13,16,31-32H,7-10H2,1H3,(H2,25,27,33)/t13-/m0/s1. The first-order valence-electron chi connectivity index (χ1n) is 10.8. The van der Waals surface area contributed by atoms with Gasteiger partial charge in [-0.15, -0.1) is 0 Å². The predicted molar refractivity (Wildman–Crippen MR) is 121 cm³/mol. The van der Waals surface area contributed by atoms with E-state index in [2.05, 4.69) is 15.1 Å². The first kappa shape index (κ1) is 20.9. The van der Waals surface area contributed by atoms with Crippen molar-refractivity contribution in [2.24, 2.45) is 4.99 Å². The highest BCUT2D eigenvalue weighted by molar-refractivity contribution is 5.57. The molecule has 3 aromatic heterocycles. The number of benzene rings is 1. The molecule has 3 heterocycles. The summed E-state index contributed by atoms with van der Waals surface area (Å²) in [6, 6.07) is 10.0. The molecule has 0 bridgehead atoms. The van der Waals surface area contributed by atoms with Gasteiger partial charge >= 0.3 is 5.69 Å². The number of aromatic nitrogens is 6. The first-order chi connectivity index (χ1) is 16.0. The van der Waals surface area contributed by atoms with Crippen molar-refractivity contribution in [1.82, 2.24) is 29.5 Å². The zero-order chi connectivity index (χ0) is 22.9. The number of aromatic hydroxyl groups is 1. The van der Waals surface area contributed by atoms with Crippen molar-refractivity contribution in [3.05, 3.63) is 69.1 Å². The van der Waals surface area contributed by atoms with E-state index in [1.165, 1.54) is 0 Å². The normalized spacial score (nSPS) is 15.9. The topological polar surface area (TPSA) is 148 Å². The molecule has 1 atom stereocenters. The van der Waals surface area contributed by atoms with E-state index in [1.54, 1.807) is 16.8 Å². The zero-order valence-electron chi connectivity index (χ0n) is 18.0. The molecule has 0 amide bonds. The van der Waals surface area contributed by atoms with Crippen LogP contribution in [-0.4, -0.2) is 59.0 Å². The number of aliphatic hydroxyl groups is 1. The average molecular weight is 448 g/mol. The molecule has 1 aliphatic rings. The molecule has 5 rings (SSSR count). The van der Waals surface area contributed by atoms with Crippen molar-refractivity contribution in [3.63, 3.8) is 0 Å². The minimum atomic E-state index is -0.513. The summed E-state index contributed by atoms with van der Waals surface area (Å²) >= 11 is 0. The van der Waals surface area contributed by atoms with Crippen LogP contribution >= 0.6 is 0 Å². The number of imidazole rings is 1. The van der Waals surface area contributed by atoms with Gasteiger partial charge in [0.15, 0.2) is 5.65 Å². The number of anilines is 1. The van der Waals surface area contributed by atoms with Gasteiger partial charge < -0.3 is 20.1 Å². The highest BCUT2D eigenvalue weighted by Gasteiger charge is 2.23. The Morgan fingerprint density at radius 3 is 2.73 bits per heavy atom. The van der Waals surface area contributed by atoms with Gasteiger partial charge in [0.1, 0.15) is 5.69 Å². The molecule has 0 spiro atoms. The maximum atomic E-state index is 11.5. The van der Waals surface area contributed by atoms with E-state index in [1.807, 2.05) is 42.2 Å². The lowest BCUT2D eigenvalue weighted by Crippen LogP contribution is -2.35. The molecule has 0 saturated heterocycles. The van der Waals surface area contributed by atoms with E-state index in [0.29, 0.717) is 29.0 Å². The lowest BCUT2D eigenvalue weighted by atomic mass is 10.1. The number of nitrogens with one attached hydrogen (secondary N) is 2. The van der Waals surface area contributed by atoms with Gasteiger partial charge in [-0.2, -0.15) is 19.6 Å². The average Bonchev–Trinajstić information content (AvgIpc) is 3.45. The lowest BCUT2D eigenvalue weighted by molar-refractivity contribution is 0.297. The van der Waals surface area contributed by atoms with Crippen LogP contribution < -0.4 is 21.4 Å². The number of H-pyrrole nitrogens is 2. The van der Waals surface area contributed by atoms with E-state index < -0.39 is 5.69 Å². The summed E-state index contributed by atoms with van der Waals surface area (Å²) in [4.78, 5) is 32.4. The molecule has 11 heteroatoms. The minimum Gasteiger partial charge on any atom is -0.493 e. The predicted octanol–water partition coefficient (Wildman–Crippen LogP) is 0.0170. The van der Waals surface area contributed by atoms with Crippen LogP contribution in [0.5, 0.6) is 5.88 Å². The van der Waals surface area contributed by atoms with E-state index in [-0.39, 0.29) is 30.3 Å². The Labute approximate surface area is 187 Å². The molecule has 0 aliphatic heterocycles. The summed E-state index contributed by atoms with van der Waals surface area (Å²) in [5.74, 6) is 0.144. The molecule has 1 aliphatic carbocycles. The van der Waals surface area contributed by atoms with Gasteiger partial charge in [-0.05, 0) is 31.4 Å². The summed E-state index contributed by atoms with van der Waals surface area (Å²) in [7, 11) is 0. The van der Waals surface area contributed by atoms with Crippen LogP contribution in [0.2, 0.25) is 0 Å². The highest BCUT2D eigenvalue weighted by atomic mass is 16.3. The molecule has 0 unspecified atom stereocenters. The smallest absolute Gasteiger partial charge is 0.326 e. The maximum Gasteiger partial charge on any atom is 0.326 e. The number of hydrogen-bond acceptors (Lipinski definition) is 8. The van der Waals surface area contributed by atoms with Crippen molar-refractivity contribution in [3.8, 4) is 5.88 Å². The Hall–Kier alpha value is -3.99.